The minimum absolute atomic E-state index is 0.0675. The number of aliphatic carboxylic acids is 2. The Morgan fingerprint density at radius 1 is 1.13 bits per heavy atom. The van der Waals surface area contributed by atoms with Gasteiger partial charge in [-0.2, -0.15) is 0 Å². The molecule has 0 aliphatic carbocycles. The molecule has 8 nitrogen and oxygen atoms in total. The zero-order valence-corrected chi connectivity index (χ0v) is 18.6. The van der Waals surface area contributed by atoms with Crippen molar-refractivity contribution in [2.75, 3.05) is 25.4 Å². The van der Waals surface area contributed by atoms with Crippen molar-refractivity contribution in [3.63, 3.8) is 0 Å². The molecule has 0 radical (unpaired) electrons. The summed E-state index contributed by atoms with van der Waals surface area (Å²) in [4.78, 5) is 37.5. The lowest BCUT2D eigenvalue weighted by Gasteiger charge is -2.26. The van der Waals surface area contributed by atoms with Crippen molar-refractivity contribution in [1.82, 2.24) is 10.2 Å². The number of rotatable bonds is 13. The summed E-state index contributed by atoms with van der Waals surface area (Å²) >= 11 is 1.55. The molecule has 9 heteroatoms. The van der Waals surface area contributed by atoms with Gasteiger partial charge < -0.3 is 20.8 Å². The number of carboxylic acid groups (broad SMARTS) is 2. The summed E-state index contributed by atoms with van der Waals surface area (Å²) in [6, 6.07) is 8.06. The molecule has 1 heterocycles. The van der Waals surface area contributed by atoms with E-state index in [-0.39, 0.29) is 17.7 Å². The van der Waals surface area contributed by atoms with Gasteiger partial charge in [-0.15, -0.1) is 11.8 Å². The smallest absolute Gasteiger partial charge is 0.323 e. The fourth-order valence-electron chi connectivity index (χ4n) is 3.69. The van der Waals surface area contributed by atoms with Crippen LogP contribution in [0.1, 0.15) is 49.3 Å². The number of carbonyl (C=O) groups is 3. The maximum absolute atomic E-state index is 13.0. The topological polar surface area (TPSA) is 133 Å². The molecule has 5 N–H and O–H groups in total. The standard InChI is InChI=1S/C22H33N3O5S/c23-12-8-3-1-2-7-11-17(22(29)30)24-18-15-31-19(16-9-5-4-6-10-16)13-25(21(18)28)14-20(26)27/h4-6,9-10,17-19,24H,1-3,7-8,11-15,23H2,(H,26,27)(H,29,30). The van der Waals surface area contributed by atoms with Gasteiger partial charge in [-0.3, -0.25) is 19.7 Å². The van der Waals surface area contributed by atoms with Gasteiger partial charge in [-0.1, -0.05) is 56.0 Å². The highest BCUT2D eigenvalue weighted by atomic mass is 32.2. The number of hydrogen-bond acceptors (Lipinski definition) is 6. The normalized spacial score (nSPS) is 20.3. The lowest BCUT2D eigenvalue weighted by molar-refractivity contribution is -0.146. The third-order valence-corrected chi connectivity index (χ3v) is 6.70. The Hall–Kier alpha value is -2.10. The number of nitrogens with zero attached hydrogens (tertiary/aromatic N) is 1. The average molecular weight is 452 g/mol. The summed E-state index contributed by atoms with van der Waals surface area (Å²) in [6.45, 7) is 0.536. The number of unbranched alkanes of at least 4 members (excludes halogenated alkanes) is 4. The number of carboxylic acids is 2. The van der Waals surface area contributed by atoms with E-state index in [1.807, 2.05) is 30.3 Å². The average Bonchev–Trinajstić information content (AvgIpc) is 2.89. The monoisotopic (exact) mass is 451 g/mol. The van der Waals surface area contributed by atoms with E-state index >= 15 is 0 Å². The number of amides is 1. The highest BCUT2D eigenvalue weighted by Gasteiger charge is 2.35. The van der Waals surface area contributed by atoms with Crippen LogP contribution < -0.4 is 11.1 Å². The Labute approximate surface area is 187 Å². The molecule has 172 valence electrons. The molecule has 2 rings (SSSR count). The lowest BCUT2D eigenvalue weighted by Crippen LogP contribution is -2.53. The molecule has 3 atom stereocenters. The molecule has 3 unspecified atom stereocenters. The van der Waals surface area contributed by atoms with Crippen molar-refractivity contribution < 1.29 is 24.6 Å². The van der Waals surface area contributed by atoms with Crippen LogP contribution in [0.2, 0.25) is 0 Å². The number of nitrogens with two attached hydrogens (primary N) is 1. The van der Waals surface area contributed by atoms with Crippen LogP contribution in [-0.2, 0) is 14.4 Å². The number of nitrogens with one attached hydrogen (secondary N) is 1. The minimum atomic E-state index is -1.09. The van der Waals surface area contributed by atoms with E-state index in [4.69, 9.17) is 5.73 Å². The Bertz CT molecular complexity index is 718. The molecule has 0 saturated carbocycles. The maximum Gasteiger partial charge on any atom is 0.323 e. The van der Waals surface area contributed by atoms with Crippen LogP contribution in [-0.4, -0.2) is 70.4 Å². The van der Waals surface area contributed by atoms with E-state index in [0.717, 1.165) is 37.7 Å². The molecule has 1 aliphatic rings. The van der Waals surface area contributed by atoms with Crippen LogP contribution in [0.4, 0.5) is 0 Å². The van der Waals surface area contributed by atoms with E-state index in [1.54, 1.807) is 11.8 Å². The Balaban J connectivity index is 2.03. The van der Waals surface area contributed by atoms with E-state index in [1.165, 1.54) is 4.90 Å². The van der Waals surface area contributed by atoms with Crippen LogP contribution >= 0.6 is 11.8 Å². The zero-order chi connectivity index (χ0) is 22.6. The predicted octanol–water partition coefficient (Wildman–Crippen LogP) is 2.10. The number of thioether (sulfide) groups is 1. The molecule has 1 aliphatic heterocycles. The van der Waals surface area contributed by atoms with Crippen molar-refractivity contribution in [3.05, 3.63) is 35.9 Å². The molecule has 1 aromatic rings. The molecule has 1 amide bonds. The summed E-state index contributed by atoms with van der Waals surface area (Å²) in [6.07, 6.45) is 5.09. The molecular weight excluding hydrogens is 418 g/mol. The number of carbonyl (C=O) groups excluding carboxylic acids is 1. The van der Waals surface area contributed by atoms with Gasteiger partial charge in [-0.25, -0.2) is 0 Å². The summed E-state index contributed by atoms with van der Waals surface area (Å²) in [5, 5.41) is 21.8. The van der Waals surface area contributed by atoms with Gasteiger partial charge in [0.25, 0.3) is 0 Å². The van der Waals surface area contributed by atoms with Crippen LogP contribution in [0, 0.1) is 0 Å². The molecule has 0 bridgehead atoms. The maximum atomic E-state index is 13.0. The second-order valence-electron chi connectivity index (χ2n) is 7.80. The quantitative estimate of drug-likeness (QED) is 0.335. The fraction of sp³-hybridized carbons (Fsp3) is 0.591. The van der Waals surface area contributed by atoms with Gasteiger partial charge in [0.2, 0.25) is 5.91 Å². The van der Waals surface area contributed by atoms with Crippen molar-refractivity contribution in [1.29, 1.82) is 0 Å². The zero-order valence-electron chi connectivity index (χ0n) is 17.7. The van der Waals surface area contributed by atoms with Crippen molar-refractivity contribution in [2.24, 2.45) is 5.73 Å². The van der Waals surface area contributed by atoms with E-state index in [0.29, 0.717) is 18.7 Å². The van der Waals surface area contributed by atoms with Crippen molar-refractivity contribution in [3.8, 4) is 0 Å². The van der Waals surface area contributed by atoms with Crippen LogP contribution in [0.25, 0.3) is 0 Å². The first kappa shape index (κ1) is 25.2. The minimum Gasteiger partial charge on any atom is -0.480 e. The third kappa shape index (κ3) is 8.51. The molecular formula is C22H33N3O5S. The summed E-state index contributed by atoms with van der Waals surface area (Å²) < 4.78 is 0. The van der Waals surface area contributed by atoms with E-state index in [2.05, 4.69) is 5.32 Å². The Morgan fingerprint density at radius 3 is 2.45 bits per heavy atom. The first-order valence-electron chi connectivity index (χ1n) is 10.8. The largest absolute Gasteiger partial charge is 0.480 e. The highest BCUT2D eigenvalue weighted by Crippen LogP contribution is 2.33. The van der Waals surface area contributed by atoms with Gasteiger partial charge in [0.05, 0.1) is 6.04 Å². The summed E-state index contributed by atoms with van der Waals surface area (Å²) in [7, 11) is 0. The highest BCUT2D eigenvalue weighted by molar-refractivity contribution is 7.99. The fourth-order valence-corrected chi connectivity index (χ4v) is 4.98. The van der Waals surface area contributed by atoms with Gasteiger partial charge in [-0.05, 0) is 24.9 Å². The number of benzene rings is 1. The number of hydrogen-bond donors (Lipinski definition) is 4. The van der Waals surface area contributed by atoms with Crippen LogP contribution in [0.15, 0.2) is 30.3 Å². The predicted molar refractivity (Wildman–Crippen MR) is 121 cm³/mol. The van der Waals surface area contributed by atoms with Crippen molar-refractivity contribution >= 4 is 29.6 Å². The Kier molecular flexibility index (Phi) is 10.8. The van der Waals surface area contributed by atoms with Crippen LogP contribution in [0.5, 0.6) is 0 Å². The molecule has 1 aromatic carbocycles. The second kappa shape index (κ2) is 13.3. The van der Waals surface area contributed by atoms with Crippen LogP contribution in [0.3, 0.4) is 0 Å². The summed E-state index contributed by atoms with van der Waals surface area (Å²) in [5.41, 5.74) is 6.50. The third-order valence-electron chi connectivity index (χ3n) is 5.35. The van der Waals surface area contributed by atoms with Gasteiger partial charge >= 0.3 is 11.9 Å². The first-order valence-corrected chi connectivity index (χ1v) is 11.8. The van der Waals surface area contributed by atoms with Crippen molar-refractivity contribution in [2.45, 2.75) is 55.9 Å². The van der Waals surface area contributed by atoms with E-state index in [9.17, 15) is 24.6 Å². The molecule has 1 fully saturated rings. The molecule has 0 spiro atoms. The van der Waals surface area contributed by atoms with E-state index < -0.39 is 30.6 Å². The second-order valence-corrected chi connectivity index (χ2v) is 9.04. The molecule has 1 saturated heterocycles. The summed E-state index contributed by atoms with van der Waals surface area (Å²) in [5.74, 6) is -2.05. The SMILES string of the molecule is NCCCCCCCC(NC1CSC(c2ccccc2)CN(CC(=O)O)C1=O)C(=O)O. The van der Waals surface area contributed by atoms with Gasteiger partial charge in [0.15, 0.2) is 0 Å². The molecule has 31 heavy (non-hydrogen) atoms. The Morgan fingerprint density at radius 2 is 1.81 bits per heavy atom. The lowest BCUT2D eigenvalue weighted by atomic mass is 10.1. The van der Waals surface area contributed by atoms with Gasteiger partial charge in [0, 0.05) is 17.5 Å². The molecule has 0 aromatic heterocycles. The first-order chi connectivity index (χ1) is 14.9. The van der Waals surface area contributed by atoms with Gasteiger partial charge in [0.1, 0.15) is 12.6 Å².